The monoisotopic (exact) mass is 219 g/mol. The zero-order valence-electron chi connectivity index (χ0n) is 7.35. The molecule has 8 heteroatoms. The van der Waals surface area contributed by atoms with E-state index in [1.165, 1.54) is 0 Å². The van der Waals surface area contributed by atoms with Crippen LogP contribution in [0.3, 0.4) is 0 Å². The molecule has 0 heterocycles. The number of esters is 2. The van der Waals surface area contributed by atoms with Crippen molar-refractivity contribution in [3.8, 4) is 0 Å². The molecule has 0 aromatic carbocycles. The second-order valence-corrected chi connectivity index (χ2v) is 2.21. The van der Waals surface area contributed by atoms with Gasteiger partial charge in [0, 0.05) is 4.91 Å². The molecule has 0 N–H and O–H groups in total. The van der Waals surface area contributed by atoms with Gasteiger partial charge in [-0.1, -0.05) is 16.7 Å². The van der Waals surface area contributed by atoms with Crippen LogP contribution in [0, 0.1) is 0 Å². The highest BCUT2D eigenvalue weighted by molar-refractivity contribution is 6.43. The molecule has 0 radical (unpaired) electrons. The van der Waals surface area contributed by atoms with Gasteiger partial charge in [0.1, 0.15) is 10.7 Å². The molecule has 0 spiro atoms. The average Bonchev–Trinajstić information content (AvgIpc) is 2.22. The minimum absolute atomic E-state index is 0.628. The molecule has 0 unspecified atom stereocenters. The predicted octanol–water partition coefficient (Wildman–Crippen LogP) is 1.09. The molecule has 14 heavy (non-hydrogen) atoms. The maximum absolute atomic E-state index is 10.9. The second kappa shape index (κ2) is 5.85. The quantitative estimate of drug-likeness (QED) is 0.233. The Bertz CT molecular complexity index is 332. The summed E-state index contributed by atoms with van der Waals surface area (Å²) in [5, 5.41) is 2.29. The highest BCUT2D eigenvalue weighted by atomic mass is 35.5. The Morgan fingerprint density at radius 2 is 1.79 bits per heavy atom. The van der Waals surface area contributed by atoms with Gasteiger partial charge >= 0.3 is 11.9 Å². The van der Waals surface area contributed by atoms with Crippen molar-refractivity contribution in [1.82, 2.24) is 0 Å². The SMILES string of the molecule is COC(=O)/C(Cl)=C(/N=[N+]=[N-])C(=O)OC. The van der Waals surface area contributed by atoms with Gasteiger partial charge in [-0.15, -0.1) is 0 Å². The summed E-state index contributed by atoms with van der Waals surface area (Å²) in [6, 6.07) is 0. The van der Waals surface area contributed by atoms with Gasteiger partial charge in [0.05, 0.1) is 14.2 Å². The number of hydrogen-bond acceptors (Lipinski definition) is 5. The summed E-state index contributed by atoms with van der Waals surface area (Å²) in [7, 11) is 2.12. The third kappa shape index (κ3) is 2.96. The van der Waals surface area contributed by atoms with Crippen LogP contribution in [0.15, 0.2) is 15.8 Å². The molecular weight excluding hydrogens is 214 g/mol. The van der Waals surface area contributed by atoms with Crippen molar-refractivity contribution < 1.29 is 19.1 Å². The van der Waals surface area contributed by atoms with E-state index in [1.54, 1.807) is 0 Å². The van der Waals surface area contributed by atoms with Crippen LogP contribution >= 0.6 is 11.6 Å². The average molecular weight is 220 g/mol. The molecule has 0 amide bonds. The van der Waals surface area contributed by atoms with Crippen LogP contribution in [-0.2, 0) is 19.1 Å². The lowest BCUT2D eigenvalue weighted by Gasteiger charge is -2.01. The van der Waals surface area contributed by atoms with E-state index in [1.807, 2.05) is 0 Å². The van der Waals surface area contributed by atoms with Gasteiger partial charge in [-0.25, -0.2) is 9.59 Å². The molecule has 76 valence electrons. The highest BCUT2D eigenvalue weighted by Crippen LogP contribution is 2.14. The Labute approximate surface area is 83.9 Å². The summed E-state index contributed by atoms with van der Waals surface area (Å²) in [5.41, 5.74) is 7.45. The first-order valence-corrected chi connectivity index (χ1v) is 3.57. The van der Waals surface area contributed by atoms with E-state index in [2.05, 4.69) is 19.5 Å². The Morgan fingerprint density at radius 3 is 2.14 bits per heavy atom. The van der Waals surface area contributed by atoms with Crippen molar-refractivity contribution in [2.45, 2.75) is 0 Å². The number of halogens is 1. The smallest absolute Gasteiger partial charge is 0.350 e. The number of ether oxygens (including phenoxy) is 2. The summed E-state index contributed by atoms with van der Waals surface area (Å²) in [5.74, 6) is -2.00. The predicted molar refractivity (Wildman–Crippen MR) is 46.1 cm³/mol. The largest absolute Gasteiger partial charge is 0.465 e. The zero-order chi connectivity index (χ0) is 11.1. The number of nitrogens with zero attached hydrogens (tertiary/aromatic N) is 3. The standard InChI is InChI=1S/C6H6ClN3O4/c1-13-5(11)3(7)4(9-10-8)6(12)14-2/h1-2H3/b4-3-. The number of rotatable bonds is 3. The number of azide groups is 1. The fourth-order valence-corrected chi connectivity index (χ4v) is 0.694. The molecule has 0 aliphatic heterocycles. The lowest BCUT2D eigenvalue weighted by molar-refractivity contribution is -0.138. The molecule has 0 bridgehead atoms. The number of carbonyl (C=O) groups is 2. The molecular formula is C6H6ClN3O4. The van der Waals surface area contributed by atoms with Gasteiger partial charge in [0.15, 0.2) is 0 Å². The van der Waals surface area contributed by atoms with Crippen molar-refractivity contribution >= 4 is 23.5 Å². The molecule has 0 saturated carbocycles. The third-order valence-corrected chi connectivity index (χ3v) is 1.43. The number of methoxy groups -OCH3 is 2. The van der Waals surface area contributed by atoms with Crippen LogP contribution in [0.5, 0.6) is 0 Å². The van der Waals surface area contributed by atoms with Crippen molar-refractivity contribution in [3.63, 3.8) is 0 Å². The molecule has 0 aromatic rings. The van der Waals surface area contributed by atoms with E-state index in [9.17, 15) is 9.59 Å². The summed E-state index contributed by atoms with van der Waals surface area (Å²) < 4.78 is 8.44. The van der Waals surface area contributed by atoms with Gasteiger partial charge < -0.3 is 9.47 Å². The highest BCUT2D eigenvalue weighted by Gasteiger charge is 2.19. The van der Waals surface area contributed by atoms with Gasteiger partial charge in [-0.2, -0.15) is 0 Å². The first-order valence-electron chi connectivity index (χ1n) is 3.20. The van der Waals surface area contributed by atoms with Crippen LogP contribution in [0.25, 0.3) is 10.4 Å². The molecule has 7 nitrogen and oxygen atoms in total. The normalized spacial score (nSPS) is 10.8. The van der Waals surface area contributed by atoms with Gasteiger partial charge in [0.25, 0.3) is 0 Å². The van der Waals surface area contributed by atoms with Crippen LogP contribution in [0.2, 0.25) is 0 Å². The van der Waals surface area contributed by atoms with Crippen molar-refractivity contribution in [2.24, 2.45) is 5.11 Å². The minimum Gasteiger partial charge on any atom is -0.465 e. The zero-order valence-corrected chi connectivity index (χ0v) is 8.11. The summed E-state index contributed by atoms with van der Waals surface area (Å²) in [6.07, 6.45) is 0. The number of hydrogen-bond donors (Lipinski definition) is 0. The molecule has 0 atom stereocenters. The van der Waals surface area contributed by atoms with Crippen molar-refractivity contribution in [1.29, 1.82) is 0 Å². The lowest BCUT2D eigenvalue weighted by Crippen LogP contribution is -2.10. The van der Waals surface area contributed by atoms with E-state index in [-0.39, 0.29) is 0 Å². The van der Waals surface area contributed by atoms with E-state index >= 15 is 0 Å². The number of carbonyl (C=O) groups excluding carboxylic acids is 2. The molecule has 0 aliphatic carbocycles. The molecule has 0 aliphatic rings. The molecule has 0 fully saturated rings. The van der Waals surface area contributed by atoms with Crippen LogP contribution in [0.4, 0.5) is 0 Å². The Morgan fingerprint density at radius 1 is 1.29 bits per heavy atom. The third-order valence-electron chi connectivity index (χ3n) is 1.10. The van der Waals surface area contributed by atoms with Crippen molar-refractivity contribution in [3.05, 3.63) is 21.2 Å². The topological polar surface area (TPSA) is 101 Å². The van der Waals surface area contributed by atoms with E-state index in [4.69, 9.17) is 17.1 Å². The maximum Gasteiger partial charge on any atom is 0.350 e. The lowest BCUT2D eigenvalue weighted by atomic mass is 10.4. The van der Waals surface area contributed by atoms with Gasteiger partial charge in [-0.05, 0) is 5.53 Å². The van der Waals surface area contributed by atoms with Crippen molar-refractivity contribution in [2.75, 3.05) is 14.2 Å². The second-order valence-electron chi connectivity index (χ2n) is 1.84. The maximum atomic E-state index is 10.9. The fraction of sp³-hybridized carbons (Fsp3) is 0.333. The molecule has 0 aromatic heterocycles. The first kappa shape index (κ1) is 12.3. The van der Waals surface area contributed by atoms with Gasteiger partial charge in [-0.3, -0.25) is 0 Å². The Hall–Kier alpha value is -1.72. The van der Waals surface area contributed by atoms with E-state index < -0.39 is 22.7 Å². The molecule has 0 saturated heterocycles. The first-order chi connectivity index (χ1) is 6.58. The van der Waals surface area contributed by atoms with E-state index in [0.29, 0.717) is 0 Å². The Balaban J connectivity index is 5.25. The van der Waals surface area contributed by atoms with Gasteiger partial charge in [0.2, 0.25) is 0 Å². The summed E-state index contributed by atoms with van der Waals surface area (Å²) >= 11 is 5.39. The Kier molecular flexibility index (Phi) is 5.13. The van der Waals surface area contributed by atoms with Crippen LogP contribution < -0.4 is 0 Å². The summed E-state index contributed by atoms with van der Waals surface area (Å²) in [4.78, 5) is 24.1. The fourth-order valence-electron chi connectivity index (χ4n) is 0.502. The van der Waals surface area contributed by atoms with Crippen LogP contribution in [-0.4, -0.2) is 26.2 Å². The van der Waals surface area contributed by atoms with E-state index in [0.717, 1.165) is 14.2 Å². The molecule has 0 rings (SSSR count). The minimum atomic E-state index is -1.02. The van der Waals surface area contributed by atoms with Crippen LogP contribution in [0.1, 0.15) is 0 Å². The summed E-state index contributed by atoms with van der Waals surface area (Å²) in [6.45, 7) is 0.